The first-order valence-corrected chi connectivity index (χ1v) is 14.4. The number of halogens is 4. The van der Waals surface area contributed by atoms with Gasteiger partial charge in [0.15, 0.2) is 27.3 Å². The number of hydrogen-bond acceptors (Lipinski definition) is 7. The fourth-order valence-electron chi connectivity index (χ4n) is 5.35. The summed E-state index contributed by atoms with van der Waals surface area (Å²) in [4.78, 5) is 36.0. The molecule has 3 atom stereocenters. The molecule has 2 bridgehead atoms. The van der Waals surface area contributed by atoms with E-state index in [0.717, 1.165) is 13.2 Å². The number of sulfone groups is 1. The summed E-state index contributed by atoms with van der Waals surface area (Å²) in [6.07, 6.45) is -0.0993. The zero-order valence-corrected chi connectivity index (χ0v) is 23.4. The largest absolute Gasteiger partial charge is 0.453 e. The quantitative estimate of drug-likeness (QED) is 0.332. The minimum Gasteiger partial charge on any atom is -0.453 e. The van der Waals surface area contributed by atoms with Gasteiger partial charge in [0.25, 0.3) is 5.91 Å². The van der Waals surface area contributed by atoms with Crippen molar-refractivity contribution < 1.29 is 45.8 Å². The lowest BCUT2D eigenvalue weighted by molar-refractivity contribution is -0.174. The average Bonchev–Trinajstić information content (AvgIpc) is 2.94. The number of aliphatic hydroxyl groups is 1. The van der Waals surface area contributed by atoms with Crippen LogP contribution in [0.1, 0.15) is 36.5 Å². The summed E-state index contributed by atoms with van der Waals surface area (Å²) in [6.45, 7) is 1.30. The average molecular weight is 618 g/mol. The minimum absolute atomic E-state index is 0.0715. The Morgan fingerprint density at radius 1 is 1.10 bits per heavy atom. The third-order valence-corrected chi connectivity index (χ3v) is 10.4. The second-order valence-electron chi connectivity index (χ2n) is 10.2. The normalized spacial score (nSPS) is 24.0. The summed E-state index contributed by atoms with van der Waals surface area (Å²) < 4.78 is 71.9. The number of carbonyl (C=O) groups excluding carboxylic acids is 3. The molecule has 222 valence electrons. The molecule has 5 rings (SSSR count). The molecule has 0 saturated heterocycles. The molecule has 2 unspecified atom stereocenters. The smallest absolute Gasteiger partial charge is 0.407 e. The van der Waals surface area contributed by atoms with E-state index in [0.29, 0.717) is 18.6 Å². The molecule has 4 N–H and O–H groups in total. The number of rotatable bonds is 8. The Labute approximate surface area is 238 Å². The Morgan fingerprint density at radius 2 is 1.71 bits per heavy atom. The number of carbonyl (C=O) groups is 3. The summed E-state index contributed by atoms with van der Waals surface area (Å²) in [7, 11) is -2.94. The van der Waals surface area contributed by atoms with Gasteiger partial charge in [0.2, 0.25) is 5.91 Å². The van der Waals surface area contributed by atoms with E-state index < -0.39 is 73.9 Å². The SMILES string of the molecule is COC(=O)N[C@H](C)C(=O)NCC1(O)C2CC1CC(S(=O)(=O)c1cc(C(=O)Nc3cc(F)c(F)c(F)c3)ccc1Cl)C2. The van der Waals surface area contributed by atoms with E-state index in [1.165, 1.54) is 19.1 Å². The first kappa shape index (κ1) is 30.6. The number of anilines is 1. The monoisotopic (exact) mass is 617 g/mol. The van der Waals surface area contributed by atoms with Crippen LogP contribution in [0.25, 0.3) is 0 Å². The fourth-order valence-corrected chi connectivity index (χ4v) is 7.76. The van der Waals surface area contributed by atoms with Crippen molar-refractivity contribution in [1.29, 1.82) is 0 Å². The molecule has 0 aliphatic heterocycles. The third kappa shape index (κ3) is 5.99. The van der Waals surface area contributed by atoms with Gasteiger partial charge in [-0.25, -0.2) is 26.4 Å². The number of alkyl carbamates (subject to hydrolysis) is 1. The van der Waals surface area contributed by atoms with Crippen molar-refractivity contribution in [2.45, 2.75) is 48.0 Å². The lowest BCUT2D eigenvalue weighted by atomic mass is 9.53. The highest BCUT2D eigenvalue weighted by Gasteiger charge is 2.60. The Kier molecular flexibility index (Phi) is 8.58. The van der Waals surface area contributed by atoms with E-state index in [1.54, 1.807) is 0 Å². The molecule has 41 heavy (non-hydrogen) atoms. The molecule has 0 spiro atoms. The first-order valence-electron chi connectivity index (χ1n) is 12.5. The molecule has 2 aromatic carbocycles. The highest BCUT2D eigenvalue weighted by molar-refractivity contribution is 7.92. The van der Waals surface area contributed by atoms with Gasteiger partial charge in [-0.1, -0.05) is 11.6 Å². The first-order chi connectivity index (χ1) is 19.2. The van der Waals surface area contributed by atoms with Crippen LogP contribution < -0.4 is 16.0 Å². The highest BCUT2D eigenvalue weighted by atomic mass is 35.5. The van der Waals surface area contributed by atoms with E-state index in [4.69, 9.17) is 11.6 Å². The van der Waals surface area contributed by atoms with Gasteiger partial charge in [-0.2, -0.15) is 0 Å². The van der Waals surface area contributed by atoms with Crippen LogP contribution >= 0.6 is 11.6 Å². The number of fused-ring (bicyclic) bond motifs is 2. The second kappa shape index (κ2) is 11.5. The maximum absolute atomic E-state index is 13.6. The van der Waals surface area contributed by atoms with E-state index in [1.807, 2.05) is 0 Å². The van der Waals surface area contributed by atoms with Crippen molar-refractivity contribution in [3.05, 3.63) is 58.4 Å². The molecule has 3 saturated carbocycles. The summed E-state index contributed by atoms with van der Waals surface area (Å²) in [5, 5.41) is 17.2. The van der Waals surface area contributed by atoms with Gasteiger partial charge in [0, 0.05) is 29.9 Å². The van der Waals surface area contributed by atoms with E-state index in [2.05, 4.69) is 20.7 Å². The molecule has 0 radical (unpaired) electrons. The third-order valence-electron chi connectivity index (χ3n) is 7.72. The lowest BCUT2D eigenvalue weighted by Gasteiger charge is -2.58. The van der Waals surface area contributed by atoms with Crippen LogP contribution in [0, 0.1) is 29.3 Å². The maximum Gasteiger partial charge on any atom is 0.407 e. The molecule has 15 heteroatoms. The van der Waals surface area contributed by atoms with Gasteiger partial charge in [-0.3, -0.25) is 9.59 Å². The number of methoxy groups -OCH3 is 1. The molecule has 3 fully saturated rings. The molecule has 3 aliphatic rings. The summed E-state index contributed by atoms with van der Waals surface area (Å²) in [5.41, 5.74) is -1.88. The number of amides is 3. The number of benzene rings is 2. The van der Waals surface area contributed by atoms with Crippen LogP contribution in [0.5, 0.6) is 0 Å². The summed E-state index contributed by atoms with van der Waals surface area (Å²) >= 11 is 6.20. The molecule has 0 aromatic heterocycles. The van der Waals surface area contributed by atoms with Crippen molar-refractivity contribution >= 4 is 45.0 Å². The Balaban J connectivity index is 1.44. The summed E-state index contributed by atoms with van der Waals surface area (Å²) in [6, 6.07) is 3.71. The summed E-state index contributed by atoms with van der Waals surface area (Å²) in [5.74, 6) is -7.07. The van der Waals surface area contributed by atoms with Crippen molar-refractivity contribution in [1.82, 2.24) is 10.6 Å². The van der Waals surface area contributed by atoms with Gasteiger partial charge >= 0.3 is 6.09 Å². The van der Waals surface area contributed by atoms with Gasteiger partial charge in [-0.05, 0) is 56.2 Å². The van der Waals surface area contributed by atoms with Crippen LogP contribution in [-0.4, -0.2) is 62.0 Å². The van der Waals surface area contributed by atoms with Crippen molar-refractivity contribution in [2.75, 3.05) is 19.0 Å². The maximum atomic E-state index is 13.6. The topological polar surface area (TPSA) is 151 Å². The van der Waals surface area contributed by atoms with Crippen LogP contribution in [0.4, 0.5) is 23.7 Å². The second-order valence-corrected chi connectivity index (χ2v) is 12.8. The molecule has 10 nitrogen and oxygen atoms in total. The number of nitrogens with one attached hydrogen (secondary N) is 3. The lowest BCUT2D eigenvalue weighted by Crippen LogP contribution is -2.66. The highest BCUT2D eigenvalue weighted by Crippen LogP contribution is 2.55. The van der Waals surface area contributed by atoms with Crippen LogP contribution in [0.2, 0.25) is 5.02 Å². The Hall–Kier alpha value is -3.36. The van der Waals surface area contributed by atoms with Crippen LogP contribution in [-0.2, 0) is 19.4 Å². The van der Waals surface area contributed by atoms with Gasteiger partial charge in [-0.15, -0.1) is 0 Å². The zero-order chi connectivity index (χ0) is 30.3. The number of ether oxygens (including phenoxy) is 1. The van der Waals surface area contributed by atoms with Crippen LogP contribution in [0.3, 0.4) is 0 Å². The fraction of sp³-hybridized carbons (Fsp3) is 0.423. The van der Waals surface area contributed by atoms with Gasteiger partial charge < -0.3 is 25.8 Å². The van der Waals surface area contributed by atoms with Crippen molar-refractivity contribution in [2.24, 2.45) is 11.8 Å². The standard InChI is InChI=1S/C26H27ClF3N3O7S/c1-12(32-25(36)40-2)23(34)31-11-26(37)14-6-15(26)8-17(7-14)41(38,39)21-5-13(3-4-18(21)27)24(35)33-16-9-19(28)22(30)20(29)10-16/h3-5,9-10,12,14-15,17,37H,6-8,11H2,1-2H3,(H,31,34)(H,32,36)(H,33,35)/t12-,14?,15?,17?,26?/m1/s1. The van der Waals surface area contributed by atoms with E-state index >= 15 is 0 Å². The molecule has 3 aliphatic carbocycles. The Bertz CT molecular complexity index is 1470. The Morgan fingerprint density at radius 3 is 2.29 bits per heavy atom. The molecule has 0 heterocycles. The molecule has 2 aromatic rings. The van der Waals surface area contributed by atoms with E-state index in [-0.39, 0.29) is 40.6 Å². The number of hydrogen-bond donors (Lipinski definition) is 4. The van der Waals surface area contributed by atoms with Crippen LogP contribution in [0.15, 0.2) is 35.2 Å². The molecule has 3 amide bonds. The van der Waals surface area contributed by atoms with Crippen molar-refractivity contribution in [3.8, 4) is 0 Å². The van der Waals surface area contributed by atoms with Gasteiger partial charge in [0.1, 0.15) is 6.04 Å². The minimum atomic E-state index is -4.10. The van der Waals surface area contributed by atoms with E-state index in [9.17, 15) is 41.1 Å². The predicted octanol–water partition coefficient (Wildman–Crippen LogP) is 3.17. The van der Waals surface area contributed by atoms with Gasteiger partial charge in [0.05, 0.1) is 27.9 Å². The van der Waals surface area contributed by atoms with Crippen molar-refractivity contribution in [3.63, 3.8) is 0 Å². The zero-order valence-electron chi connectivity index (χ0n) is 21.8. The molecular weight excluding hydrogens is 591 g/mol. The predicted molar refractivity (Wildman–Crippen MR) is 140 cm³/mol. The molecular formula is C26H27ClF3N3O7S.